The van der Waals surface area contributed by atoms with Crippen LogP contribution in [0.1, 0.15) is 53.4 Å². The first-order chi connectivity index (χ1) is 9.44. The van der Waals surface area contributed by atoms with Crippen molar-refractivity contribution in [3.8, 4) is 0 Å². The summed E-state index contributed by atoms with van der Waals surface area (Å²) < 4.78 is 5.14. The number of rotatable bonds is 10. The van der Waals surface area contributed by atoms with Crippen molar-refractivity contribution < 1.29 is 9.53 Å². The lowest BCUT2D eigenvalue weighted by atomic mass is 9.80. The van der Waals surface area contributed by atoms with Gasteiger partial charge in [0.05, 0.1) is 17.0 Å². The molecule has 2 N–H and O–H groups in total. The molecule has 0 heterocycles. The third-order valence-corrected chi connectivity index (χ3v) is 4.66. The molecule has 0 spiro atoms. The molecule has 118 valence electrons. The summed E-state index contributed by atoms with van der Waals surface area (Å²) in [6, 6.07) is 0.212. The second kappa shape index (κ2) is 9.29. The van der Waals surface area contributed by atoms with Crippen LogP contribution < -0.4 is 5.73 Å². The summed E-state index contributed by atoms with van der Waals surface area (Å²) in [6.45, 7) is 9.27. The number of ether oxygens (including phenoxy) is 1. The van der Waals surface area contributed by atoms with E-state index in [0.29, 0.717) is 31.0 Å². The topological polar surface area (TPSA) is 55.6 Å². The van der Waals surface area contributed by atoms with Crippen LogP contribution in [-0.4, -0.2) is 42.1 Å². The highest BCUT2D eigenvalue weighted by atomic mass is 32.1. The van der Waals surface area contributed by atoms with Gasteiger partial charge in [0.1, 0.15) is 0 Å². The molecular weight excluding hydrogens is 272 g/mol. The van der Waals surface area contributed by atoms with E-state index in [1.54, 1.807) is 7.11 Å². The maximum absolute atomic E-state index is 13.0. The quantitative estimate of drug-likeness (QED) is 0.630. The molecule has 0 unspecified atom stereocenters. The minimum absolute atomic E-state index is 0.0563. The van der Waals surface area contributed by atoms with E-state index in [1.807, 2.05) is 18.7 Å². The van der Waals surface area contributed by atoms with Crippen LogP contribution >= 0.6 is 12.2 Å². The Morgan fingerprint density at radius 3 is 2.05 bits per heavy atom. The first-order valence-corrected chi connectivity index (χ1v) is 7.95. The van der Waals surface area contributed by atoms with E-state index in [-0.39, 0.29) is 11.9 Å². The first-order valence-electron chi connectivity index (χ1n) is 7.54. The van der Waals surface area contributed by atoms with Crippen LogP contribution in [0.25, 0.3) is 0 Å². The summed E-state index contributed by atoms with van der Waals surface area (Å²) in [6.07, 6.45) is 3.13. The van der Waals surface area contributed by atoms with Crippen molar-refractivity contribution in [3.05, 3.63) is 0 Å². The zero-order chi connectivity index (χ0) is 15.8. The molecule has 0 aliphatic carbocycles. The van der Waals surface area contributed by atoms with E-state index in [4.69, 9.17) is 22.7 Å². The highest BCUT2D eigenvalue weighted by Crippen LogP contribution is 2.31. The van der Waals surface area contributed by atoms with Gasteiger partial charge in [-0.05, 0) is 25.7 Å². The van der Waals surface area contributed by atoms with Gasteiger partial charge in [-0.15, -0.1) is 0 Å². The normalized spacial score (nSPS) is 11.7. The van der Waals surface area contributed by atoms with Gasteiger partial charge in [0.25, 0.3) is 0 Å². The monoisotopic (exact) mass is 302 g/mol. The lowest BCUT2D eigenvalue weighted by Gasteiger charge is -2.39. The number of hydrogen-bond acceptors (Lipinski definition) is 3. The molecule has 0 aromatic carbocycles. The Morgan fingerprint density at radius 2 is 1.75 bits per heavy atom. The van der Waals surface area contributed by atoms with E-state index in [1.165, 1.54) is 0 Å². The largest absolute Gasteiger partial charge is 0.392 e. The van der Waals surface area contributed by atoms with Crippen LogP contribution in [0.4, 0.5) is 0 Å². The molecule has 0 fully saturated rings. The Kier molecular flexibility index (Phi) is 8.98. The molecule has 0 radical (unpaired) electrons. The number of nitrogens with two attached hydrogens (primary N) is 1. The fourth-order valence-electron chi connectivity index (χ4n) is 2.65. The number of thiocarbonyl (C=S) groups is 1. The van der Waals surface area contributed by atoms with E-state index in [9.17, 15) is 4.79 Å². The Balaban J connectivity index is 5.42. The maximum Gasteiger partial charge on any atom is 0.235 e. The summed E-state index contributed by atoms with van der Waals surface area (Å²) in [5, 5.41) is 0. The Morgan fingerprint density at radius 1 is 1.25 bits per heavy atom. The fourth-order valence-corrected chi connectivity index (χ4v) is 3.03. The van der Waals surface area contributed by atoms with E-state index in [0.717, 1.165) is 12.8 Å². The van der Waals surface area contributed by atoms with Crippen LogP contribution in [0.15, 0.2) is 0 Å². The SMILES string of the molecule is CCC(CC)N(CCOC)C(=O)C(CC)(CC)C(N)=S. The van der Waals surface area contributed by atoms with Crippen molar-refractivity contribution in [1.82, 2.24) is 4.90 Å². The average molecular weight is 302 g/mol. The maximum atomic E-state index is 13.0. The van der Waals surface area contributed by atoms with Crippen molar-refractivity contribution in [1.29, 1.82) is 0 Å². The van der Waals surface area contributed by atoms with Gasteiger partial charge >= 0.3 is 0 Å². The summed E-state index contributed by atoms with van der Waals surface area (Å²) in [5.74, 6) is 0.0563. The van der Waals surface area contributed by atoms with Gasteiger partial charge < -0.3 is 15.4 Å². The summed E-state index contributed by atoms with van der Waals surface area (Å²) >= 11 is 5.19. The number of carbonyl (C=O) groups is 1. The Bertz CT molecular complexity index is 313. The number of amides is 1. The first kappa shape index (κ1) is 19.3. The van der Waals surface area contributed by atoms with Crippen molar-refractivity contribution >= 4 is 23.1 Å². The number of hydrogen-bond donors (Lipinski definition) is 1. The molecule has 0 aliphatic heterocycles. The van der Waals surface area contributed by atoms with Gasteiger partial charge in [0.15, 0.2) is 0 Å². The fraction of sp³-hybridized carbons (Fsp3) is 0.867. The second-order valence-corrected chi connectivity index (χ2v) is 5.55. The van der Waals surface area contributed by atoms with Crippen LogP contribution in [0, 0.1) is 5.41 Å². The second-order valence-electron chi connectivity index (χ2n) is 5.12. The van der Waals surface area contributed by atoms with Gasteiger partial charge in [0, 0.05) is 19.7 Å². The van der Waals surface area contributed by atoms with Crippen LogP contribution in [0.3, 0.4) is 0 Å². The highest BCUT2D eigenvalue weighted by molar-refractivity contribution is 7.80. The number of carbonyl (C=O) groups excluding carboxylic acids is 1. The summed E-state index contributed by atoms with van der Waals surface area (Å²) in [4.78, 5) is 15.3. The number of nitrogens with zero attached hydrogens (tertiary/aromatic N) is 1. The molecule has 20 heavy (non-hydrogen) atoms. The van der Waals surface area contributed by atoms with Crippen LogP contribution in [-0.2, 0) is 9.53 Å². The average Bonchev–Trinajstić information content (AvgIpc) is 2.44. The Hall–Kier alpha value is -0.680. The zero-order valence-corrected chi connectivity index (χ0v) is 14.4. The van der Waals surface area contributed by atoms with Gasteiger partial charge in [-0.25, -0.2) is 0 Å². The van der Waals surface area contributed by atoms with E-state index < -0.39 is 5.41 Å². The molecule has 0 saturated carbocycles. The predicted octanol–water partition coefficient (Wildman–Crippen LogP) is 2.74. The van der Waals surface area contributed by atoms with Crippen LogP contribution in [0.2, 0.25) is 0 Å². The van der Waals surface area contributed by atoms with Crippen molar-refractivity contribution in [2.45, 2.75) is 59.4 Å². The van der Waals surface area contributed by atoms with E-state index >= 15 is 0 Å². The third kappa shape index (κ3) is 4.16. The number of methoxy groups -OCH3 is 1. The minimum atomic E-state index is -0.717. The van der Waals surface area contributed by atoms with Crippen molar-refractivity contribution in [2.24, 2.45) is 11.1 Å². The summed E-state index contributed by atoms with van der Waals surface area (Å²) in [5.41, 5.74) is 5.18. The zero-order valence-electron chi connectivity index (χ0n) is 13.6. The molecular formula is C15H30N2O2S. The third-order valence-electron chi connectivity index (χ3n) is 4.27. The molecule has 4 nitrogen and oxygen atoms in total. The molecule has 0 aliphatic rings. The molecule has 0 bridgehead atoms. The van der Waals surface area contributed by atoms with Gasteiger partial charge in [-0.1, -0.05) is 39.9 Å². The van der Waals surface area contributed by atoms with Crippen LogP contribution in [0.5, 0.6) is 0 Å². The predicted molar refractivity (Wildman–Crippen MR) is 87.8 cm³/mol. The molecule has 0 rings (SSSR count). The lowest BCUT2D eigenvalue weighted by Crippen LogP contribution is -2.54. The molecule has 0 aromatic rings. The van der Waals surface area contributed by atoms with Gasteiger partial charge in [-0.2, -0.15) is 0 Å². The molecule has 0 aromatic heterocycles. The van der Waals surface area contributed by atoms with Gasteiger partial charge in [-0.3, -0.25) is 4.79 Å². The van der Waals surface area contributed by atoms with Crippen molar-refractivity contribution in [2.75, 3.05) is 20.3 Å². The standard InChI is InChI=1S/C15H30N2O2S/c1-6-12(7-2)17(10-11-19-5)14(18)15(8-3,9-4)13(16)20/h12H,6-11H2,1-5H3,(H2,16,20). The van der Waals surface area contributed by atoms with Gasteiger partial charge in [0.2, 0.25) is 5.91 Å². The molecule has 5 heteroatoms. The molecule has 1 amide bonds. The van der Waals surface area contributed by atoms with E-state index in [2.05, 4.69) is 13.8 Å². The minimum Gasteiger partial charge on any atom is -0.392 e. The molecule has 0 atom stereocenters. The smallest absolute Gasteiger partial charge is 0.235 e. The Labute approximate surface area is 129 Å². The lowest BCUT2D eigenvalue weighted by molar-refractivity contribution is -0.142. The highest BCUT2D eigenvalue weighted by Gasteiger charge is 2.42. The van der Waals surface area contributed by atoms with Crippen molar-refractivity contribution in [3.63, 3.8) is 0 Å². The molecule has 0 saturated heterocycles. The summed E-state index contributed by atoms with van der Waals surface area (Å²) in [7, 11) is 1.65.